The predicted octanol–water partition coefficient (Wildman–Crippen LogP) is 4.05. The highest BCUT2D eigenvalue weighted by Gasteiger charge is 2.34. The molecule has 2 heterocycles. The first kappa shape index (κ1) is 21.7. The summed E-state index contributed by atoms with van der Waals surface area (Å²) in [7, 11) is 1.35. The Morgan fingerprint density at radius 1 is 1.16 bits per heavy atom. The molecule has 1 fully saturated rings. The minimum atomic E-state index is -0.572. The number of nitrogens with zero attached hydrogens (tertiary/aromatic N) is 2. The molecular formula is C25H26FN3O3. The third kappa shape index (κ3) is 4.15. The number of likely N-dealkylation sites (tertiary alicyclic amines) is 1. The van der Waals surface area contributed by atoms with Crippen LogP contribution in [0.5, 0.6) is 5.75 Å². The van der Waals surface area contributed by atoms with Crippen LogP contribution in [0.1, 0.15) is 40.5 Å². The van der Waals surface area contributed by atoms with Crippen LogP contribution in [-0.2, 0) is 0 Å². The van der Waals surface area contributed by atoms with Crippen LogP contribution >= 0.6 is 0 Å². The van der Waals surface area contributed by atoms with E-state index in [1.54, 1.807) is 23.2 Å². The molecule has 166 valence electrons. The van der Waals surface area contributed by atoms with Gasteiger partial charge in [0.2, 0.25) is 0 Å². The van der Waals surface area contributed by atoms with E-state index in [0.29, 0.717) is 24.2 Å². The topological polar surface area (TPSA) is 71.5 Å². The van der Waals surface area contributed by atoms with Gasteiger partial charge in [-0.15, -0.1) is 0 Å². The number of aromatic nitrogens is 1. The van der Waals surface area contributed by atoms with Crippen molar-refractivity contribution in [2.75, 3.05) is 20.2 Å². The molecule has 0 spiro atoms. The molecule has 3 aromatic rings. The summed E-state index contributed by atoms with van der Waals surface area (Å²) in [5.74, 6) is -0.975. The van der Waals surface area contributed by atoms with Crippen LogP contribution in [0, 0.1) is 11.7 Å². The number of piperidine rings is 1. The van der Waals surface area contributed by atoms with Gasteiger partial charge < -0.3 is 15.0 Å². The number of amides is 2. The van der Waals surface area contributed by atoms with Crippen LogP contribution in [0.3, 0.4) is 0 Å². The van der Waals surface area contributed by atoms with Gasteiger partial charge in [-0.3, -0.25) is 14.6 Å². The second kappa shape index (κ2) is 9.34. The summed E-state index contributed by atoms with van der Waals surface area (Å²) in [6, 6.07) is 13.4. The van der Waals surface area contributed by atoms with Crippen molar-refractivity contribution in [3.05, 3.63) is 71.7 Å². The van der Waals surface area contributed by atoms with E-state index in [1.165, 1.54) is 19.2 Å². The Bertz CT molecular complexity index is 1140. The van der Waals surface area contributed by atoms with Crippen molar-refractivity contribution in [1.29, 1.82) is 0 Å². The smallest absolute Gasteiger partial charge is 0.258 e. The number of hydrogen-bond donors (Lipinski definition) is 1. The molecule has 2 atom stereocenters. The summed E-state index contributed by atoms with van der Waals surface area (Å²) in [5, 5.41) is 3.88. The monoisotopic (exact) mass is 435 g/mol. The average molecular weight is 435 g/mol. The fourth-order valence-electron chi connectivity index (χ4n) is 4.43. The van der Waals surface area contributed by atoms with Crippen LogP contribution < -0.4 is 10.1 Å². The van der Waals surface area contributed by atoms with E-state index in [-0.39, 0.29) is 35.1 Å². The normalized spacial score (nSPS) is 18.4. The molecular weight excluding hydrogens is 409 g/mol. The second-order valence-electron chi connectivity index (χ2n) is 8.10. The molecule has 2 aromatic carbocycles. The Labute approximate surface area is 186 Å². The lowest BCUT2D eigenvalue weighted by molar-refractivity contribution is 0.0503. The van der Waals surface area contributed by atoms with Gasteiger partial charge in [-0.1, -0.05) is 31.2 Å². The van der Waals surface area contributed by atoms with Crippen LogP contribution in [-0.4, -0.2) is 47.9 Å². The Morgan fingerprint density at radius 2 is 1.91 bits per heavy atom. The number of carbonyl (C=O) groups is 2. The number of pyridine rings is 1. The number of carbonyl (C=O) groups excluding carboxylic acids is 2. The fourth-order valence-corrected chi connectivity index (χ4v) is 4.43. The SMILES string of the molecule is COc1c(F)cccc1C(=O)N1CCC[C@@H](C)C1CNC(=O)c1cccc2cccnc12. The minimum absolute atomic E-state index is 0.0552. The maximum atomic E-state index is 14.2. The first-order valence-corrected chi connectivity index (χ1v) is 10.8. The van der Waals surface area contributed by atoms with Crippen LogP contribution in [0.25, 0.3) is 10.9 Å². The van der Waals surface area contributed by atoms with Crippen molar-refractivity contribution in [2.24, 2.45) is 5.92 Å². The molecule has 1 unspecified atom stereocenters. The summed E-state index contributed by atoms with van der Waals surface area (Å²) < 4.78 is 19.3. The first-order valence-electron chi connectivity index (χ1n) is 10.8. The molecule has 1 aromatic heterocycles. The number of methoxy groups -OCH3 is 1. The number of halogens is 1. The molecule has 4 rings (SSSR count). The van der Waals surface area contributed by atoms with Gasteiger partial charge >= 0.3 is 0 Å². The Morgan fingerprint density at radius 3 is 2.72 bits per heavy atom. The van der Waals surface area contributed by atoms with Gasteiger partial charge in [-0.25, -0.2) is 4.39 Å². The highest BCUT2D eigenvalue weighted by Crippen LogP contribution is 2.29. The Hall–Kier alpha value is -3.48. The lowest BCUT2D eigenvalue weighted by Gasteiger charge is -2.40. The van der Waals surface area contributed by atoms with Gasteiger partial charge in [-0.05, 0) is 43.0 Å². The maximum absolute atomic E-state index is 14.2. The average Bonchev–Trinajstić information content (AvgIpc) is 2.82. The van der Waals surface area contributed by atoms with Gasteiger partial charge in [0, 0.05) is 24.7 Å². The van der Waals surface area contributed by atoms with Gasteiger partial charge in [0.25, 0.3) is 11.8 Å². The third-order valence-corrected chi connectivity index (χ3v) is 6.13. The Balaban J connectivity index is 1.55. The van der Waals surface area contributed by atoms with E-state index >= 15 is 0 Å². The third-order valence-electron chi connectivity index (χ3n) is 6.13. The molecule has 7 heteroatoms. The van der Waals surface area contributed by atoms with Crippen molar-refractivity contribution in [3.8, 4) is 5.75 Å². The molecule has 0 bridgehead atoms. The molecule has 1 aliphatic heterocycles. The summed E-state index contributed by atoms with van der Waals surface area (Å²) in [4.78, 5) is 32.4. The molecule has 2 amide bonds. The van der Waals surface area contributed by atoms with Gasteiger partial charge in [0.15, 0.2) is 11.6 Å². The zero-order chi connectivity index (χ0) is 22.7. The highest BCUT2D eigenvalue weighted by molar-refractivity contribution is 6.05. The number of hydrogen-bond acceptors (Lipinski definition) is 4. The summed E-state index contributed by atoms with van der Waals surface area (Å²) in [6.07, 6.45) is 3.46. The fraction of sp³-hybridized carbons (Fsp3) is 0.320. The molecule has 0 saturated carbocycles. The first-order chi connectivity index (χ1) is 15.5. The quantitative estimate of drug-likeness (QED) is 0.656. The number of benzene rings is 2. The number of rotatable bonds is 5. The van der Waals surface area contributed by atoms with Crippen LogP contribution in [0.15, 0.2) is 54.7 Å². The van der Waals surface area contributed by atoms with E-state index in [2.05, 4.69) is 17.2 Å². The van der Waals surface area contributed by atoms with Gasteiger partial charge in [0.1, 0.15) is 0 Å². The molecule has 32 heavy (non-hydrogen) atoms. The summed E-state index contributed by atoms with van der Waals surface area (Å²) in [6.45, 7) is 2.91. The van der Waals surface area contributed by atoms with Crippen LogP contribution in [0.2, 0.25) is 0 Å². The predicted molar refractivity (Wildman–Crippen MR) is 120 cm³/mol. The maximum Gasteiger partial charge on any atom is 0.258 e. The molecule has 1 saturated heterocycles. The number of nitrogens with one attached hydrogen (secondary N) is 1. The molecule has 0 radical (unpaired) electrons. The van der Waals surface area contributed by atoms with E-state index in [4.69, 9.17) is 4.74 Å². The van der Waals surface area contributed by atoms with Crippen LogP contribution in [0.4, 0.5) is 4.39 Å². The molecule has 1 N–H and O–H groups in total. The zero-order valence-corrected chi connectivity index (χ0v) is 18.2. The van der Waals surface area contributed by atoms with Crippen molar-refractivity contribution >= 4 is 22.7 Å². The van der Waals surface area contributed by atoms with E-state index in [0.717, 1.165) is 18.2 Å². The largest absolute Gasteiger partial charge is 0.493 e. The van der Waals surface area contributed by atoms with E-state index in [9.17, 15) is 14.0 Å². The molecule has 6 nitrogen and oxygen atoms in total. The highest BCUT2D eigenvalue weighted by atomic mass is 19.1. The van der Waals surface area contributed by atoms with Gasteiger partial charge in [-0.2, -0.15) is 0 Å². The standard InChI is InChI=1S/C25H26FN3O3/c1-16-7-6-14-29(25(31)19-11-4-12-20(26)23(19)32-2)21(16)15-28-24(30)18-10-3-8-17-9-5-13-27-22(17)18/h3-5,8-13,16,21H,6-7,14-15H2,1-2H3,(H,28,30)/t16-,21?/m1/s1. The lowest BCUT2D eigenvalue weighted by Crippen LogP contribution is -2.53. The van der Waals surface area contributed by atoms with Crippen molar-refractivity contribution in [3.63, 3.8) is 0 Å². The number of fused-ring (bicyclic) bond motifs is 1. The van der Waals surface area contributed by atoms with Crippen molar-refractivity contribution in [2.45, 2.75) is 25.8 Å². The van der Waals surface area contributed by atoms with Crippen molar-refractivity contribution < 1.29 is 18.7 Å². The summed E-state index contributed by atoms with van der Waals surface area (Å²) >= 11 is 0. The van der Waals surface area contributed by atoms with Gasteiger partial charge in [0.05, 0.1) is 29.8 Å². The second-order valence-corrected chi connectivity index (χ2v) is 8.10. The lowest BCUT2D eigenvalue weighted by atomic mass is 9.90. The minimum Gasteiger partial charge on any atom is -0.493 e. The van der Waals surface area contributed by atoms with E-state index < -0.39 is 5.82 Å². The molecule has 1 aliphatic rings. The van der Waals surface area contributed by atoms with Crippen molar-refractivity contribution in [1.82, 2.24) is 15.2 Å². The van der Waals surface area contributed by atoms with E-state index in [1.807, 2.05) is 24.3 Å². The summed E-state index contributed by atoms with van der Waals surface area (Å²) in [5.41, 5.74) is 1.33. The zero-order valence-electron chi connectivity index (χ0n) is 18.2. The Kier molecular flexibility index (Phi) is 6.35. The number of para-hydroxylation sites is 2. The number of ether oxygens (including phenoxy) is 1. The molecule has 0 aliphatic carbocycles.